The smallest absolute Gasteiger partial charge is 0.313 e. The Morgan fingerprint density at radius 2 is 2.11 bits per heavy atom. The van der Waals surface area contributed by atoms with Crippen LogP contribution in [0.15, 0.2) is 41.3 Å². The molecule has 0 saturated heterocycles. The first-order valence-electron chi connectivity index (χ1n) is 5.61. The highest BCUT2D eigenvalue weighted by atomic mass is 32.2. The molecule has 0 radical (unpaired) electrons. The summed E-state index contributed by atoms with van der Waals surface area (Å²) in [6.45, 7) is 7.42. The summed E-state index contributed by atoms with van der Waals surface area (Å²) in [7, 11) is 0. The average Bonchev–Trinajstić information content (AvgIpc) is 2.33. The fourth-order valence-electron chi connectivity index (χ4n) is 1.30. The zero-order valence-corrected chi connectivity index (χ0v) is 11.0. The maximum Gasteiger partial charge on any atom is 0.416 e. The zero-order chi connectivity index (χ0) is 13.6. The lowest BCUT2D eigenvalue weighted by atomic mass is 10.2. The molecule has 0 saturated carbocycles. The molecule has 0 aliphatic rings. The third-order valence-corrected chi connectivity index (χ3v) is 3.37. The van der Waals surface area contributed by atoms with E-state index in [0.717, 1.165) is 18.2 Å². The maximum atomic E-state index is 12.5. The van der Waals surface area contributed by atoms with Crippen LogP contribution in [0.3, 0.4) is 0 Å². The van der Waals surface area contributed by atoms with Gasteiger partial charge in [-0.15, -0.1) is 11.8 Å². The van der Waals surface area contributed by atoms with Crippen molar-refractivity contribution in [1.29, 1.82) is 0 Å². The molecule has 0 aliphatic heterocycles. The summed E-state index contributed by atoms with van der Waals surface area (Å²) in [5.41, 5.74) is 0.365. The Kier molecular flexibility index (Phi) is 5.75. The van der Waals surface area contributed by atoms with E-state index < -0.39 is 11.7 Å². The number of hydrogen-bond acceptors (Lipinski definition) is 2. The second-order valence-corrected chi connectivity index (χ2v) is 4.89. The van der Waals surface area contributed by atoms with E-state index in [4.69, 9.17) is 0 Å². The quantitative estimate of drug-likeness (QED) is 0.623. The highest BCUT2D eigenvalue weighted by Gasteiger charge is 2.30. The fourth-order valence-corrected chi connectivity index (χ4v) is 2.16. The van der Waals surface area contributed by atoms with Crippen molar-refractivity contribution in [3.63, 3.8) is 0 Å². The lowest BCUT2D eigenvalue weighted by Gasteiger charge is -2.09. The number of rotatable bonds is 6. The van der Waals surface area contributed by atoms with E-state index in [-0.39, 0.29) is 0 Å². The summed E-state index contributed by atoms with van der Waals surface area (Å²) in [4.78, 5) is 0.613. The van der Waals surface area contributed by atoms with Gasteiger partial charge in [-0.2, -0.15) is 13.2 Å². The van der Waals surface area contributed by atoms with Crippen LogP contribution in [0.5, 0.6) is 0 Å². The lowest BCUT2D eigenvalue weighted by Crippen LogP contribution is -2.16. The van der Waals surface area contributed by atoms with Crippen molar-refractivity contribution in [2.45, 2.75) is 18.0 Å². The van der Waals surface area contributed by atoms with Gasteiger partial charge in [-0.3, -0.25) is 0 Å². The van der Waals surface area contributed by atoms with Gasteiger partial charge in [-0.05, 0) is 24.7 Å². The van der Waals surface area contributed by atoms with Crippen LogP contribution in [0.25, 0.3) is 0 Å². The first kappa shape index (κ1) is 15.1. The molecule has 0 bridgehead atoms. The molecule has 1 aromatic rings. The highest BCUT2D eigenvalue weighted by Crippen LogP contribution is 2.32. The van der Waals surface area contributed by atoms with Gasteiger partial charge in [0.15, 0.2) is 0 Å². The molecule has 1 aromatic carbocycles. The van der Waals surface area contributed by atoms with Crippen molar-refractivity contribution in [2.24, 2.45) is 0 Å². The minimum Gasteiger partial charge on any atom is -0.313 e. The molecule has 0 spiro atoms. The van der Waals surface area contributed by atoms with Gasteiger partial charge in [0.25, 0.3) is 0 Å². The van der Waals surface area contributed by atoms with Crippen molar-refractivity contribution >= 4 is 11.8 Å². The molecule has 0 heterocycles. The van der Waals surface area contributed by atoms with Crippen LogP contribution in [0.2, 0.25) is 0 Å². The van der Waals surface area contributed by atoms with Crippen LogP contribution < -0.4 is 5.32 Å². The van der Waals surface area contributed by atoms with Gasteiger partial charge in [0, 0.05) is 17.2 Å². The maximum absolute atomic E-state index is 12.5. The molecule has 0 aromatic heterocycles. The van der Waals surface area contributed by atoms with Gasteiger partial charge < -0.3 is 5.32 Å². The lowest BCUT2D eigenvalue weighted by molar-refractivity contribution is -0.137. The number of likely N-dealkylation sites (N-methyl/N-ethyl adjacent to an activating group) is 1. The summed E-state index contributed by atoms with van der Waals surface area (Å²) < 4.78 is 37.5. The van der Waals surface area contributed by atoms with Crippen LogP contribution in [-0.2, 0) is 6.18 Å². The topological polar surface area (TPSA) is 12.0 Å². The van der Waals surface area contributed by atoms with Crippen molar-refractivity contribution < 1.29 is 13.2 Å². The van der Waals surface area contributed by atoms with Gasteiger partial charge in [-0.1, -0.05) is 25.1 Å². The second-order valence-electron chi connectivity index (χ2n) is 3.84. The van der Waals surface area contributed by atoms with Crippen molar-refractivity contribution in [3.05, 3.63) is 42.0 Å². The Morgan fingerprint density at radius 3 is 2.72 bits per heavy atom. The van der Waals surface area contributed by atoms with E-state index in [2.05, 4.69) is 11.9 Å². The Balaban J connectivity index is 2.55. The molecule has 0 aliphatic carbocycles. The predicted octanol–water partition coefficient (Wildman–Crippen LogP) is 3.96. The van der Waals surface area contributed by atoms with Crippen LogP contribution in [0, 0.1) is 0 Å². The summed E-state index contributed by atoms with van der Waals surface area (Å²) >= 11 is 1.37. The molecular formula is C13H16F3NS. The van der Waals surface area contributed by atoms with Gasteiger partial charge >= 0.3 is 6.18 Å². The van der Waals surface area contributed by atoms with E-state index in [0.29, 0.717) is 17.2 Å². The number of hydrogen-bond donors (Lipinski definition) is 1. The van der Waals surface area contributed by atoms with Gasteiger partial charge in [-0.25, -0.2) is 0 Å². The Labute approximate surface area is 109 Å². The number of nitrogens with one attached hydrogen (secondary N) is 1. The molecular weight excluding hydrogens is 259 g/mol. The van der Waals surface area contributed by atoms with E-state index in [1.165, 1.54) is 23.9 Å². The molecule has 0 atom stereocenters. The Bertz CT molecular complexity index is 401. The SMILES string of the molecule is C=C(CNCC)CSc1cccc(C(F)(F)F)c1. The third kappa shape index (κ3) is 5.14. The third-order valence-electron chi connectivity index (χ3n) is 2.23. The monoisotopic (exact) mass is 275 g/mol. The molecule has 100 valence electrons. The minimum atomic E-state index is -4.28. The molecule has 18 heavy (non-hydrogen) atoms. The number of alkyl halides is 3. The van der Waals surface area contributed by atoms with Crippen molar-refractivity contribution in [1.82, 2.24) is 5.32 Å². The van der Waals surface area contributed by atoms with Gasteiger partial charge in [0.05, 0.1) is 5.56 Å². The molecule has 1 nitrogen and oxygen atoms in total. The molecule has 0 fully saturated rings. The molecule has 1 N–H and O–H groups in total. The average molecular weight is 275 g/mol. The first-order valence-corrected chi connectivity index (χ1v) is 6.59. The number of halogens is 3. The van der Waals surface area contributed by atoms with Gasteiger partial charge in [0.2, 0.25) is 0 Å². The van der Waals surface area contributed by atoms with Crippen LogP contribution in [-0.4, -0.2) is 18.8 Å². The Morgan fingerprint density at radius 1 is 1.39 bits per heavy atom. The normalized spacial score (nSPS) is 11.6. The second kappa shape index (κ2) is 6.85. The molecule has 5 heteroatoms. The van der Waals surface area contributed by atoms with E-state index in [1.807, 2.05) is 6.92 Å². The largest absolute Gasteiger partial charge is 0.416 e. The Hall–Kier alpha value is -0.940. The predicted molar refractivity (Wildman–Crippen MR) is 69.9 cm³/mol. The summed E-state index contributed by atoms with van der Waals surface area (Å²) in [5, 5.41) is 3.13. The van der Waals surface area contributed by atoms with E-state index in [9.17, 15) is 13.2 Å². The molecule has 0 unspecified atom stereocenters. The van der Waals surface area contributed by atoms with Crippen LogP contribution in [0.1, 0.15) is 12.5 Å². The number of benzene rings is 1. The van der Waals surface area contributed by atoms with Crippen LogP contribution >= 0.6 is 11.8 Å². The fraction of sp³-hybridized carbons (Fsp3) is 0.385. The van der Waals surface area contributed by atoms with Crippen molar-refractivity contribution in [2.75, 3.05) is 18.8 Å². The van der Waals surface area contributed by atoms with Gasteiger partial charge in [0.1, 0.15) is 0 Å². The summed E-state index contributed by atoms with van der Waals surface area (Å²) in [6, 6.07) is 5.36. The molecule has 0 amide bonds. The summed E-state index contributed by atoms with van der Waals surface area (Å²) in [5.74, 6) is 0.619. The van der Waals surface area contributed by atoms with E-state index >= 15 is 0 Å². The van der Waals surface area contributed by atoms with E-state index in [1.54, 1.807) is 6.07 Å². The molecule has 1 rings (SSSR count). The standard InChI is InChI=1S/C13H16F3NS/c1-3-17-8-10(2)9-18-12-6-4-5-11(7-12)13(14,15)16/h4-7,17H,2-3,8-9H2,1H3. The first-order chi connectivity index (χ1) is 8.43. The number of thioether (sulfide) groups is 1. The van der Waals surface area contributed by atoms with Crippen LogP contribution in [0.4, 0.5) is 13.2 Å². The van der Waals surface area contributed by atoms with Crippen molar-refractivity contribution in [3.8, 4) is 0 Å². The summed E-state index contributed by atoms with van der Waals surface area (Å²) in [6.07, 6.45) is -4.28. The highest BCUT2D eigenvalue weighted by molar-refractivity contribution is 7.99. The minimum absolute atomic E-state index is 0.607. The zero-order valence-electron chi connectivity index (χ0n) is 10.2.